The predicted octanol–water partition coefficient (Wildman–Crippen LogP) is 1.99. The summed E-state index contributed by atoms with van der Waals surface area (Å²) in [6.45, 7) is -0.405. The Morgan fingerprint density at radius 1 is 1.38 bits per heavy atom. The molecule has 0 unspecified atom stereocenters. The number of benzene rings is 1. The fraction of sp³-hybridized carbons (Fsp3) is 0.357. The van der Waals surface area contributed by atoms with Crippen molar-refractivity contribution >= 4 is 5.91 Å². The summed E-state index contributed by atoms with van der Waals surface area (Å²) in [4.78, 5) is 11.8. The van der Waals surface area contributed by atoms with Gasteiger partial charge in [0.15, 0.2) is 0 Å². The number of halogens is 4. The lowest BCUT2D eigenvalue weighted by Gasteiger charge is -2.20. The zero-order valence-electron chi connectivity index (χ0n) is 10.7. The lowest BCUT2D eigenvalue weighted by Crippen LogP contribution is -2.48. The van der Waals surface area contributed by atoms with E-state index in [0.29, 0.717) is 0 Å². The molecule has 1 amide bonds. The van der Waals surface area contributed by atoms with Gasteiger partial charge >= 0.3 is 6.18 Å². The van der Waals surface area contributed by atoms with E-state index in [1.54, 1.807) is 0 Å². The molecule has 21 heavy (non-hydrogen) atoms. The van der Waals surface area contributed by atoms with Crippen LogP contribution in [0.3, 0.4) is 0 Å². The molecule has 0 aliphatic heterocycles. The first-order valence-corrected chi connectivity index (χ1v) is 6.07. The standard InChI is InChI=1S/C14H11F4NO2/c15-11-8-9(2-1-7-20)3-4-10(11)12(21)19-13(5-6-13)14(16,17)18/h3-4,8,20H,5-7H2,(H,19,21). The van der Waals surface area contributed by atoms with Gasteiger partial charge in [0, 0.05) is 5.56 Å². The number of aliphatic hydroxyl groups is 1. The van der Waals surface area contributed by atoms with Gasteiger partial charge in [-0.25, -0.2) is 4.39 Å². The van der Waals surface area contributed by atoms with Crippen LogP contribution in [0.15, 0.2) is 18.2 Å². The van der Waals surface area contributed by atoms with Crippen LogP contribution in [0.2, 0.25) is 0 Å². The van der Waals surface area contributed by atoms with Crippen molar-refractivity contribution < 1.29 is 27.5 Å². The van der Waals surface area contributed by atoms with Gasteiger partial charge in [-0.1, -0.05) is 11.8 Å². The number of carbonyl (C=O) groups is 1. The monoisotopic (exact) mass is 301 g/mol. The van der Waals surface area contributed by atoms with Gasteiger partial charge in [0.05, 0.1) is 5.56 Å². The molecule has 2 rings (SSSR count). The minimum atomic E-state index is -4.55. The predicted molar refractivity (Wildman–Crippen MR) is 65.9 cm³/mol. The quantitative estimate of drug-likeness (QED) is 0.648. The van der Waals surface area contributed by atoms with Crippen molar-refractivity contribution in [3.63, 3.8) is 0 Å². The number of nitrogens with one attached hydrogen (secondary N) is 1. The SMILES string of the molecule is O=C(NC1(C(F)(F)F)CC1)c1ccc(C#CCO)cc1F. The average Bonchev–Trinajstić information content (AvgIpc) is 3.16. The van der Waals surface area contributed by atoms with Gasteiger partial charge in [0.1, 0.15) is 18.0 Å². The van der Waals surface area contributed by atoms with E-state index in [1.165, 1.54) is 6.07 Å². The zero-order valence-corrected chi connectivity index (χ0v) is 10.7. The van der Waals surface area contributed by atoms with E-state index in [1.807, 2.05) is 5.32 Å². The second kappa shape index (κ2) is 5.37. The number of rotatable bonds is 2. The first kappa shape index (κ1) is 15.3. The van der Waals surface area contributed by atoms with E-state index in [9.17, 15) is 22.4 Å². The molecule has 1 aromatic carbocycles. The summed E-state index contributed by atoms with van der Waals surface area (Å²) in [5.74, 6) is 2.66. The highest BCUT2D eigenvalue weighted by Gasteiger charge is 2.64. The molecule has 0 radical (unpaired) electrons. The van der Waals surface area contributed by atoms with Crippen LogP contribution in [0.5, 0.6) is 0 Å². The highest BCUT2D eigenvalue weighted by molar-refractivity contribution is 5.95. The van der Waals surface area contributed by atoms with Crippen LogP contribution >= 0.6 is 0 Å². The molecule has 7 heteroatoms. The molecule has 3 nitrogen and oxygen atoms in total. The van der Waals surface area contributed by atoms with E-state index < -0.39 is 35.6 Å². The molecule has 2 N–H and O–H groups in total. The molecule has 0 saturated heterocycles. The van der Waals surface area contributed by atoms with Gasteiger partial charge in [-0.05, 0) is 31.0 Å². The van der Waals surface area contributed by atoms with Gasteiger partial charge in [-0.3, -0.25) is 4.79 Å². The van der Waals surface area contributed by atoms with E-state index in [-0.39, 0.29) is 18.4 Å². The summed E-state index contributed by atoms with van der Waals surface area (Å²) >= 11 is 0. The molecule has 0 heterocycles. The normalized spacial score (nSPS) is 15.9. The summed E-state index contributed by atoms with van der Waals surface area (Å²) in [5.41, 5.74) is -2.48. The Hall–Kier alpha value is -2.07. The number of hydrogen-bond acceptors (Lipinski definition) is 2. The van der Waals surface area contributed by atoms with Gasteiger partial charge in [-0.2, -0.15) is 13.2 Å². The highest BCUT2D eigenvalue weighted by atomic mass is 19.4. The molecule has 1 saturated carbocycles. The first-order chi connectivity index (χ1) is 9.79. The molecule has 112 valence electrons. The van der Waals surface area contributed by atoms with Crippen LogP contribution in [-0.2, 0) is 0 Å². The maximum absolute atomic E-state index is 13.7. The van der Waals surface area contributed by atoms with Crippen LogP contribution in [0.25, 0.3) is 0 Å². The van der Waals surface area contributed by atoms with Crippen molar-refractivity contribution in [2.45, 2.75) is 24.6 Å². The second-order valence-corrected chi connectivity index (χ2v) is 4.69. The van der Waals surface area contributed by atoms with Crippen LogP contribution in [0.1, 0.15) is 28.8 Å². The lowest BCUT2D eigenvalue weighted by molar-refractivity contribution is -0.163. The van der Waals surface area contributed by atoms with Gasteiger partial charge in [0.25, 0.3) is 5.91 Å². The first-order valence-electron chi connectivity index (χ1n) is 6.07. The van der Waals surface area contributed by atoms with E-state index in [2.05, 4.69) is 11.8 Å². The Morgan fingerprint density at radius 3 is 2.52 bits per heavy atom. The van der Waals surface area contributed by atoms with Crippen LogP contribution < -0.4 is 5.32 Å². The van der Waals surface area contributed by atoms with Crippen molar-refractivity contribution in [2.24, 2.45) is 0 Å². The fourth-order valence-electron chi connectivity index (χ4n) is 1.81. The molecule has 1 aliphatic carbocycles. The molecule has 0 aromatic heterocycles. The van der Waals surface area contributed by atoms with Crippen molar-refractivity contribution in [3.8, 4) is 11.8 Å². The molecule has 1 aliphatic rings. The third-order valence-electron chi connectivity index (χ3n) is 3.17. The van der Waals surface area contributed by atoms with E-state index >= 15 is 0 Å². The van der Waals surface area contributed by atoms with Gasteiger partial charge in [-0.15, -0.1) is 0 Å². The molecular formula is C14H11F4NO2. The van der Waals surface area contributed by atoms with E-state index in [0.717, 1.165) is 12.1 Å². The molecule has 1 aromatic rings. The largest absolute Gasteiger partial charge is 0.411 e. The summed E-state index contributed by atoms with van der Waals surface area (Å²) < 4.78 is 51.9. The minimum Gasteiger partial charge on any atom is -0.384 e. The Kier molecular flexibility index (Phi) is 3.92. The van der Waals surface area contributed by atoms with Gasteiger partial charge in [0.2, 0.25) is 0 Å². The second-order valence-electron chi connectivity index (χ2n) is 4.69. The van der Waals surface area contributed by atoms with Crippen LogP contribution in [0, 0.1) is 17.7 Å². The van der Waals surface area contributed by atoms with Crippen molar-refractivity contribution in [2.75, 3.05) is 6.61 Å². The molecular weight excluding hydrogens is 290 g/mol. The summed E-state index contributed by atoms with van der Waals surface area (Å²) in [5, 5.41) is 10.4. The van der Waals surface area contributed by atoms with Crippen molar-refractivity contribution in [1.82, 2.24) is 5.32 Å². The minimum absolute atomic E-state index is 0.204. The van der Waals surface area contributed by atoms with Crippen LogP contribution in [-0.4, -0.2) is 29.3 Å². The number of aliphatic hydroxyl groups excluding tert-OH is 1. The Morgan fingerprint density at radius 2 is 2.05 bits per heavy atom. The summed E-state index contributed by atoms with van der Waals surface area (Å²) in [7, 11) is 0. The number of alkyl halides is 3. The topological polar surface area (TPSA) is 49.3 Å². The van der Waals surface area contributed by atoms with Crippen molar-refractivity contribution in [1.29, 1.82) is 0 Å². The van der Waals surface area contributed by atoms with E-state index in [4.69, 9.17) is 5.11 Å². The highest BCUT2D eigenvalue weighted by Crippen LogP contribution is 2.49. The number of hydrogen-bond donors (Lipinski definition) is 2. The smallest absolute Gasteiger partial charge is 0.384 e. The number of carbonyl (C=O) groups excluding carboxylic acids is 1. The fourth-order valence-corrected chi connectivity index (χ4v) is 1.81. The van der Waals surface area contributed by atoms with Crippen molar-refractivity contribution in [3.05, 3.63) is 35.1 Å². The Labute approximate surface area is 118 Å². The van der Waals surface area contributed by atoms with Gasteiger partial charge < -0.3 is 10.4 Å². The Balaban J connectivity index is 2.17. The molecule has 0 bridgehead atoms. The maximum Gasteiger partial charge on any atom is 0.411 e. The maximum atomic E-state index is 13.7. The third kappa shape index (κ3) is 3.16. The van der Waals surface area contributed by atoms with Crippen LogP contribution in [0.4, 0.5) is 17.6 Å². The third-order valence-corrected chi connectivity index (χ3v) is 3.17. The molecule has 1 fully saturated rings. The number of amides is 1. The average molecular weight is 301 g/mol. The summed E-state index contributed by atoms with van der Waals surface area (Å²) in [6.07, 6.45) is -4.96. The lowest BCUT2D eigenvalue weighted by atomic mass is 10.1. The molecule has 0 atom stereocenters. The molecule has 0 spiro atoms. The Bertz CT molecular complexity index is 624. The zero-order chi connectivity index (χ0) is 15.7. The summed E-state index contributed by atoms with van der Waals surface area (Å²) in [6, 6.07) is 3.30.